The standard InChI is InChI=1S/C21H26N2O.C11H10Cl2N2O3/c1-17(24)22-21-8-4-3-7-20(21)19-11-9-18(10-12-19)13-16-23-14-5-2-6-15-23;1-14-10(16)4-15-8-2-6(12)7(13)3-9(8)18-5-11(15)17/h3-4,7-12H,2,5-6,13-16H2,1H3,(H,22,24);2-3H,4-5H2,1H3,(H,14,16). The highest BCUT2D eigenvalue weighted by Crippen LogP contribution is 2.38. The maximum atomic E-state index is 11.7. The van der Waals surface area contributed by atoms with Crippen LogP contribution in [0.5, 0.6) is 5.75 Å². The Morgan fingerprint density at radius 1 is 0.952 bits per heavy atom. The van der Waals surface area contributed by atoms with Crippen molar-refractivity contribution in [1.82, 2.24) is 10.2 Å². The molecule has 0 atom stereocenters. The lowest BCUT2D eigenvalue weighted by molar-refractivity contribution is -0.125. The van der Waals surface area contributed by atoms with E-state index in [-0.39, 0.29) is 30.9 Å². The fourth-order valence-electron chi connectivity index (χ4n) is 4.95. The highest BCUT2D eigenvalue weighted by molar-refractivity contribution is 6.42. The summed E-state index contributed by atoms with van der Waals surface area (Å²) < 4.78 is 5.25. The predicted octanol–water partition coefficient (Wildman–Crippen LogP) is 5.81. The Morgan fingerprint density at radius 2 is 1.64 bits per heavy atom. The molecule has 0 spiro atoms. The number of hydrogen-bond donors (Lipinski definition) is 2. The van der Waals surface area contributed by atoms with Crippen LogP contribution in [0.1, 0.15) is 31.7 Å². The molecule has 0 aromatic heterocycles. The van der Waals surface area contributed by atoms with E-state index < -0.39 is 0 Å². The van der Waals surface area contributed by atoms with Gasteiger partial charge in [0.2, 0.25) is 11.8 Å². The van der Waals surface area contributed by atoms with E-state index in [1.54, 1.807) is 6.92 Å². The molecule has 0 aliphatic carbocycles. The summed E-state index contributed by atoms with van der Waals surface area (Å²) >= 11 is 11.8. The van der Waals surface area contributed by atoms with Crippen molar-refractivity contribution in [3.05, 3.63) is 76.3 Å². The molecule has 222 valence electrons. The number of nitrogens with zero attached hydrogens (tertiary/aromatic N) is 2. The van der Waals surface area contributed by atoms with Gasteiger partial charge in [-0.15, -0.1) is 0 Å². The average molecular weight is 612 g/mol. The summed E-state index contributed by atoms with van der Waals surface area (Å²) in [6.45, 7) is 5.00. The molecule has 0 unspecified atom stereocenters. The van der Waals surface area contributed by atoms with Gasteiger partial charge in [-0.1, -0.05) is 72.1 Å². The minimum absolute atomic E-state index is 0.0411. The molecule has 42 heavy (non-hydrogen) atoms. The van der Waals surface area contributed by atoms with Crippen LogP contribution in [-0.4, -0.2) is 62.5 Å². The quantitative estimate of drug-likeness (QED) is 0.352. The highest BCUT2D eigenvalue weighted by atomic mass is 35.5. The molecule has 0 radical (unpaired) electrons. The van der Waals surface area contributed by atoms with Crippen molar-refractivity contribution in [2.45, 2.75) is 32.6 Å². The number of amides is 3. The summed E-state index contributed by atoms with van der Waals surface area (Å²) in [5.74, 6) is -0.180. The van der Waals surface area contributed by atoms with Gasteiger partial charge in [-0.25, -0.2) is 0 Å². The maximum absolute atomic E-state index is 11.7. The van der Waals surface area contributed by atoms with Gasteiger partial charge in [-0.3, -0.25) is 19.3 Å². The smallest absolute Gasteiger partial charge is 0.265 e. The topological polar surface area (TPSA) is 91.0 Å². The van der Waals surface area contributed by atoms with Crippen molar-refractivity contribution >= 4 is 52.3 Å². The Hall–Kier alpha value is -3.59. The third-order valence-electron chi connectivity index (χ3n) is 7.19. The van der Waals surface area contributed by atoms with Crippen LogP contribution < -0.4 is 20.3 Å². The van der Waals surface area contributed by atoms with E-state index in [1.807, 2.05) is 24.3 Å². The lowest BCUT2D eigenvalue weighted by Crippen LogP contribution is -2.44. The van der Waals surface area contributed by atoms with Crippen molar-refractivity contribution in [2.75, 3.05) is 50.1 Å². The number of para-hydroxylation sites is 1. The summed E-state index contributed by atoms with van der Waals surface area (Å²) in [6.07, 6.45) is 5.18. The Morgan fingerprint density at radius 3 is 2.33 bits per heavy atom. The lowest BCUT2D eigenvalue weighted by Gasteiger charge is -2.29. The Labute approximate surface area is 256 Å². The van der Waals surface area contributed by atoms with Crippen LogP contribution in [0.25, 0.3) is 11.1 Å². The number of fused-ring (bicyclic) bond motifs is 1. The molecule has 2 heterocycles. The van der Waals surface area contributed by atoms with E-state index >= 15 is 0 Å². The normalized spacial score (nSPS) is 14.7. The monoisotopic (exact) mass is 610 g/mol. The minimum atomic E-state index is -0.301. The van der Waals surface area contributed by atoms with Crippen LogP contribution >= 0.6 is 23.2 Å². The maximum Gasteiger partial charge on any atom is 0.265 e. The van der Waals surface area contributed by atoms with E-state index in [2.05, 4.69) is 39.8 Å². The van der Waals surface area contributed by atoms with E-state index in [9.17, 15) is 14.4 Å². The fraction of sp³-hybridized carbons (Fsp3) is 0.344. The van der Waals surface area contributed by atoms with Crippen molar-refractivity contribution < 1.29 is 19.1 Å². The average Bonchev–Trinajstić information content (AvgIpc) is 2.99. The molecule has 1 fully saturated rings. The van der Waals surface area contributed by atoms with Crippen molar-refractivity contribution in [2.24, 2.45) is 0 Å². The van der Waals surface area contributed by atoms with E-state index in [0.717, 1.165) is 29.8 Å². The molecule has 8 nitrogen and oxygen atoms in total. The van der Waals surface area contributed by atoms with Crippen molar-refractivity contribution in [1.29, 1.82) is 0 Å². The van der Waals surface area contributed by atoms with Crippen LogP contribution in [0.15, 0.2) is 60.7 Å². The van der Waals surface area contributed by atoms with Crippen LogP contribution in [-0.2, 0) is 20.8 Å². The second kappa shape index (κ2) is 15.0. The fourth-order valence-corrected chi connectivity index (χ4v) is 5.26. The summed E-state index contributed by atoms with van der Waals surface area (Å²) in [4.78, 5) is 38.4. The number of halogens is 2. The molecule has 3 aromatic rings. The van der Waals surface area contributed by atoms with Gasteiger partial charge < -0.3 is 20.3 Å². The van der Waals surface area contributed by atoms with Crippen LogP contribution in [0.4, 0.5) is 11.4 Å². The van der Waals surface area contributed by atoms with Gasteiger partial charge in [0, 0.05) is 37.8 Å². The Bertz CT molecular complexity index is 1410. The zero-order valence-corrected chi connectivity index (χ0v) is 25.4. The predicted molar refractivity (Wildman–Crippen MR) is 169 cm³/mol. The molecule has 10 heteroatoms. The second-order valence-electron chi connectivity index (χ2n) is 10.3. The molecule has 2 aliphatic rings. The van der Waals surface area contributed by atoms with Gasteiger partial charge in [0.05, 0.1) is 15.7 Å². The highest BCUT2D eigenvalue weighted by Gasteiger charge is 2.28. The zero-order valence-electron chi connectivity index (χ0n) is 23.9. The number of rotatable bonds is 7. The summed E-state index contributed by atoms with van der Waals surface area (Å²) in [5.41, 5.74) is 4.90. The first-order chi connectivity index (χ1) is 20.2. The van der Waals surface area contributed by atoms with Crippen LogP contribution in [0.2, 0.25) is 10.0 Å². The van der Waals surface area contributed by atoms with Gasteiger partial charge >= 0.3 is 0 Å². The molecular weight excluding hydrogens is 575 g/mol. The first-order valence-corrected chi connectivity index (χ1v) is 14.8. The molecule has 2 N–H and O–H groups in total. The summed E-state index contributed by atoms with van der Waals surface area (Å²) in [5, 5.41) is 6.01. The van der Waals surface area contributed by atoms with Gasteiger partial charge in [0.15, 0.2) is 6.61 Å². The van der Waals surface area contributed by atoms with Crippen LogP contribution in [0, 0.1) is 0 Å². The first kappa shape index (κ1) is 31.3. The van der Waals surface area contributed by atoms with Crippen molar-refractivity contribution in [3.63, 3.8) is 0 Å². The molecule has 0 saturated carbocycles. The Kier molecular flexibility index (Phi) is 11.2. The third kappa shape index (κ3) is 8.47. The number of anilines is 2. The third-order valence-corrected chi connectivity index (χ3v) is 7.92. The largest absolute Gasteiger partial charge is 0.482 e. The van der Waals surface area contributed by atoms with E-state index in [1.165, 1.54) is 62.0 Å². The van der Waals surface area contributed by atoms with Gasteiger partial charge in [0.1, 0.15) is 12.3 Å². The first-order valence-electron chi connectivity index (χ1n) is 14.1. The number of piperidine rings is 1. The van der Waals surface area contributed by atoms with Crippen molar-refractivity contribution in [3.8, 4) is 16.9 Å². The number of ether oxygens (including phenoxy) is 1. The lowest BCUT2D eigenvalue weighted by atomic mass is 10.0. The van der Waals surface area contributed by atoms with E-state index in [4.69, 9.17) is 27.9 Å². The number of likely N-dealkylation sites (tertiary alicyclic amines) is 1. The number of likely N-dealkylation sites (N-methyl/N-ethyl adjacent to an activating group) is 1. The SMILES string of the molecule is CC(=O)Nc1ccccc1-c1ccc(CCN2CCCCC2)cc1.CNC(=O)CN1C(=O)COc2cc(Cl)c(Cl)cc21. The molecule has 3 amide bonds. The summed E-state index contributed by atoms with van der Waals surface area (Å²) in [7, 11) is 1.50. The number of carbonyl (C=O) groups excluding carboxylic acids is 3. The van der Waals surface area contributed by atoms with E-state index in [0.29, 0.717) is 21.5 Å². The Balaban J connectivity index is 0.000000201. The molecule has 3 aromatic carbocycles. The molecule has 2 aliphatic heterocycles. The number of carbonyl (C=O) groups is 3. The molecule has 0 bridgehead atoms. The van der Waals surface area contributed by atoms with Gasteiger partial charge in [-0.2, -0.15) is 0 Å². The zero-order chi connectivity index (χ0) is 30.1. The molecule has 1 saturated heterocycles. The number of nitrogens with one attached hydrogen (secondary N) is 2. The van der Waals surface area contributed by atoms with Crippen LogP contribution in [0.3, 0.4) is 0 Å². The second-order valence-corrected chi connectivity index (χ2v) is 11.1. The summed E-state index contributed by atoms with van der Waals surface area (Å²) in [6, 6.07) is 19.7. The molecule has 5 rings (SSSR count). The number of benzene rings is 3. The minimum Gasteiger partial charge on any atom is -0.482 e. The molecular formula is C32H36Cl2N4O4. The van der Waals surface area contributed by atoms with Gasteiger partial charge in [-0.05, 0) is 55.6 Å². The number of hydrogen-bond acceptors (Lipinski definition) is 5. The van der Waals surface area contributed by atoms with Gasteiger partial charge in [0.25, 0.3) is 5.91 Å².